The number of pyridine rings is 1. The summed E-state index contributed by atoms with van der Waals surface area (Å²) in [6.07, 6.45) is 5.30. The van der Waals surface area contributed by atoms with Gasteiger partial charge in [0.1, 0.15) is 17.6 Å². The molecule has 0 saturated heterocycles. The minimum Gasteiger partial charge on any atom is -0.334 e. The normalized spacial score (nSPS) is 10.9. The average molecular weight is 294 g/mol. The molecule has 2 aromatic heterocycles. The molecule has 3 rings (SSSR count). The molecule has 0 unspecified atom stereocenters. The monoisotopic (exact) mass is 294 g/mol. The van der Waals surface area contributed by atoms with E-state index in [-0.39, 0.29) is 0 Å². The molecule has 0 aliphatic carbocycles. The number of nitrogens with zero attached hydrogens (tertiary/aromatic N) is 4. The molecule has 0 bridgehead atoms. The van der Waals surface area contributed by atoms with Crippen LogP contribution in [0.25, 0.3) is 11.0 Å². The Morgan fingerprint density at radius 2 is 2.09 bits per heavy atom. The highest BCUT2D eigenvalue weighted by molar-refractivity contribution is 5.81. The topological polar surface area (TPSA) is 51.0 Å². The second-order valence-electron chi connectivity index (χ2n) is 5.31. The summed E-state index contributed by atoms with van der Waals surface area (Å²) in [6, 6.07) is 7.76. The van der Waals surface area contributed by atoms with E-state index >= 15 is 0 Å². The number of aldehydes is 1. The third-order valence-corrected chi connectivity index (χ3v) is 3.92. The van der Waals surface area contributed by atoms with Gasteiger partial charge in [-0.15, -0.1) is 0 Å². The molecule has 2 heterocycles. The van der Waals surface area contributed by atoms with E-state index in [1.54, 1.807) is 12.5 Å². The molecule has 0 radical (unpaired) electrons. The summed E-state index contributed by atoms with van der Waals surface area (Å²) in [5, 5.41) is 0. The van der Waals surface area contributed by atoms with Gasteiger partial charge in [-0.2, -0.15) is 0 Å². The molecular formula is C17H18N4O. The second-order valence-corrected chi connectivity index (χ2v) is 5.31. The Labute approximate surface area is 129 Å². The number of rotatable bonds is 4. The number of carbonyl (C=O) groups is 1. The molecule has 22 heavy (non-hydrogen) atoms. The first-order chi connectivity index (χ1) is 10.6. The first-order valence-electron chi connectivity index (χ1n) is 7.23. The van der Waals surface area contributed by atoms with Crippen molar-refractivity contribution in [2.75, 3.05) is 11.9 Å². The van der Waals surface area contributed by atoms with E-state index < -0.39 is 0 Å². The number of hydrogen-bond donors (Lipinski definition) is 0. The largest absolute Gasteiger partial charge is 0.334 e. The molecule has 0 N–H and O–H groups in total. The van der Waals surface area contributed by atoms with Crippen molar-refractivity contribution < 1.29 is 4.79 Å². The molecule has 0 aliphatic rings. The second kappa shape index (κ2) is 5.60. The van der Waals surface area contributed by atoms with E-state index in [0.717, 1.165) is 40.8 Å². The van der Waals surface area contributed by atoms with E-state index in [9.17, 15) is 4.79 Å². The van der Waals surface area contributed by atoms with Crippen molar-refractivity contribution in [2.45, 2.75) is 13.3 Å². The number of aromatic nitrogens is 3. The molecule has 5 heteroatoms. The highest BCUT2D eigenvalue weighted by Crippen LogP contribution is 2.28. The number of imidazole rings is 1. The predicted molar refractivity (Wildman–Crippen MR) is 87.8 cm³/mol. The van der Waals surface area contributed by atoms with Gasteiger partial charge in [0.25, 0.3) is 0 Å². The van der Waals surface area contributed by atoms with Crippen molar-refractivity contribution in [3.05, 3.63) is 47.9 Å². The lowest BCUT2D eigenvalue weighted by Crippen LogP contribution is -2.13. The zero-order chi connectivity index (χ0) is 15.7. The lowest BCUT2D eigenvalue weighted by atomic mass is 10.1. The quantitative estimate of drug-likeness (QED) is 0.694. The lowest BCUT2D eigenvalue weighted by molar-refractivity contribution is 0.112. The molecule has 5 nitrogen and oxygen atoms in total. The van der Waals surface area contributed by atoms with Gasteiger partial charge in [-0.3, -0.25) is 4.79 Å². The van der Waals surface area contributed by atoms with E-state index in [2.05, 4.69) is 16.9 Å². The first kappa shape index (κ1) is 14.3. The van der Waals surface area contributed by atoms with Gasteiger partial charge in [0.05, 0.1) is 18.0 Å². The van der Waals surface area contributed by atoms with Gasteiger partial charge in [-0.25, -0.2) is 9.97 Å². The number of aryl methyl sites for hydroxylation is 2. The van der Waals surface area contributed by atoms with E-state index in [1.807, 2.05) is 47.8 Å². The predicted octanol–water partition coefficient (Wildman–Crippen LogP) is 3.11. The molecule has 0 saturated carbocycles. The minimum atomic E-state index is 0.698. The van der Waals surface area contributed by atoms with Crippen molar-refractivity contribution in [1.82, 2.24) is 14.5 Å². The number of carbonyl (C=O) groups excluding carboxylic acids is 1. The fraction of sp³-hybridized carbons (Fsp3) is 0.235. The summed E-state index contributed by atoms with van der Waals surface area (Å²) in [5.74, 6) is 0.852. The highest BCUT2D eigenvalue weighted by Gasteiger charge is 2.12. The highest BCUT2D eigenvalue weighted by atomic mass is 16.1. The maximum atomic E-state index is 10.9. The van der Waals surface area contributed by atoms with Gasteiger partial charge >= 0.3 is 0 Å². The third-order valence-electron chi connectivity index (χ3n) is 3.92. The Hall–Kier alpha value is -2.69. The fourth-order valence-corrected chi connectivity index (χ4v) is 2.62. The van der Waals surface area contributed by atoms with Crippen LogP contribution >= 0.6 is 0 Å². The third kappa shape index (κ3) is 2.35. The molecule has 0 atom stereocenters. The van der Waals surface area contributed by atoms with Gasteiger partial charge in [-0.05, 0) is 30.2 Å². The molecule has 0 amide bonds. The standard InChI is InChI=1S/C17H18N4O/c1-4-13-7-12(10-22)5-6-15(13)21(3)17-8-16-14(9-18-17)19-11-20(16)2/h5-11H,4H2,1-3H3. The average Bonchev–Trinajstić information content (AvgIpc) is 2.94. The van der Waals surface area contributed by atoms with Crippen LogP contribution < -0.4 is 4.90 Å². The smallest absolute Gasteiger partial charge is 0.150 e. The Morgan fingerprint density at radius 1 is 1.27 bits per heavy atom. The van der Waals surface area contributed by atoms with Gasteiger partial charge in [0.2, 0.25) is 0 Å². The van der Waals surface area contributed by atoms with Crippen LogP contribution in [0.2, 0.25) is 0 Å². The van der Waals surface area contributed by atoms with Crippen molar-refractivity contribution in [2.24, 2.45) is 7.05 Å². The zero-order valence-electron chi connectivity index (χ0n) is 12.9. The fourth-order valence-electron chi connectivity index (χ4n) is 2.62. The molecule has 3 aromatic rings. The maximum Gasteiger partial charge on any atom is 0.150 e. The molecule has 112 valence electrons. The van der Waals surface area contributed by atoms with Gasteiger partial charge in [0.15, 0.2) is 0 Å². The lowest BCUT2D eigenvalue weighted by Gasteiger charge is -2.21. The minimum absolute atomic E-state index is 0.698. The van der Waals surface area contributed by atoms with Crippen LogP contribution in [0.1, 0.15) is 22.8 Å². The number of benzene rings is 1. The molecule has 1 aromatic carbocycles. The van der Waals surface area contributed by atoms with Crippen LogP contribution in [-0.4, -0.2) is 27.9 Å². The Balaban J connectivity index is 2.06. The molecule has 0 spiro atoms. The van der Waals surface area contributed by atoms with E-state index in [1.165, 1.54) is 0 Å². The Bertz CT molecular complexity index is 838. The summed E-state index contributed by atoms with van der Waals surface area (Å²) >= 11 is 0. The van der Waals surface area contributed by atoms with Crippen LogP contribution in [0.5, 0.6) is 0 Å². The summed E-state index contributed by atoms with van der Waals surface area (Å²) in [4.78, 5) is 21.8. The summed E-state index contributed by atoms with van der Waals surface area (Å²) in [7, 11) is 3.95. The zero-order valence-corrected chi connectivity index (χ0v) is 12.9. The van der Waals surface area contributed by atoms with Gasteiger partial charge in [-0.1, -0.05) is 6.92 Å². The molecule has 0 fully saturated rings. The van der Waals surface area contributed by atoms with Gasteiger partial charge in [0, 0.05) is 31.4 Å². The van der Waals surface area contributed by atoms with Crippen molar-refractivity contribution >= 4 is 28.8 Å². The van der Waals surface area contributed by atoms with Crippen LogP contribution in [0.4, 0.5) is 11.5 Å². The van der Waals surface area contributed by atoms with Gasteiger partial charge < -0.3 is 9.47 Å². The van der Waals surface area contributed by atoms with Crippen molar-refractivity contribution in [1.29, 1.82) is 0 Å². The number of anilines is 2. The number of fused-ring (bicyclic) bond motifs is 1. The SMILES string of the molecule is CCc1cc(C=O)ccc1N(C)c1cc2c(cn1)ncn2C. The Kier molecular flexibility index (Phi) is 3.63. The van der Waals surface area contributed by atoms with Crippen LogP contribution in [0.3, 0.4) is 0 Å². The van der Waals surface area contributed by atoms with Crippen LogP contribution in [0.15, 0.2) is 36.8 Å². The van der Waals surface area contributed by atoms with Crippen LogP contribution in [0, 0.1) is 0 Å². The summed E-state index contributed by atoms with van der Waals surface area (Å²) < 4.78 is 1.98. The van der Waals surface area contributed by atoms with E-state index in [4.69, 9.17) is 0 Å². The summed E-state index contributed by atoms with van der Waals surface area (Å²) in [6.45, 7) is 2.08. The number of hydrogen-bond acceptors (Lipinski definition) is 4. The van der Waals surface area contributed by atoms with Crippen LogP contribution in [-0.2, 0) is 13.5 Å². The molecular weight excluding hydrogens is 276 g/mol. The Morgan fingerprint density at radius 3 is 2.82 bits per heavy atom. The van der Waals surface area contributed by atoms with Crippen molar-refractivity contribution in [3.8, 4) is 0 Å². The molecule has 0 aliphatic heterocycles. The summed E-state index contributed by atoms with van der Waals surface area (Å²) in [5.41, 5.74) is 4.80. The van der Waals surface area contributed by atoms with Crippen molar-refractivity contribution in [3.63, 3.8) is 0 Å². The maximum absolute atomic E-state index is 10.9. The first-order valence-corrected chi connectivity index (χ1v) is 7.23. The van der Waals surface area contributed by atoms with E-state index in [0.29, 0.717) is 5.56 Å².